The number of hydrogen-bond donors (Lipinski definition) is 4. The summed E-state index contributed by atoms with van der Waals surface area (Å²) in [6, 6.07) is 14.1. The number of fused-ring (bicyclic) bond motifs is 2. The van der Waals surface area contributed by atoms with Crippen LogP contribution in [0.5, 0.6) is 0 Å². The van der Waals surface area contributed by atoms with Crippen molar-refractivity contribution in [2.45, 2.75) is 76.7 Å². The maximum absolute atomic E-state index is 11.9. The van der Waals surface area contributed by atoms with Gasteiger partial charge in [0.1, 0.15) is 6.29 Å². The van der Waals surface area contributed by atoms with Gasteiger partial charge in [-0.1, -0.05) is 106 Å². The highest BCUT2D eigenvalue weighted by molar-refractivity contribution is 5.88. The van der Waals surface area contributed by atoms with Crippen molar-refractivity contribution in [3.05, 3.63) is 88.4 Å². The van der Waals surface area contributed by atoms with E-state index in [1.54, 1.807) is 6.20 Å². The molecule has 8 heteroatoms. The molecule has 3 aromatic rings. The second-order valence-corrected chi connectivity index (χ2v) is 11.5. The Bertz CT molecular complexity index is 1450. The Labute approximate surface area is 254 Å². The molecule has 1 aliphatic rings. The predicted molar refractivity (Wildman–Crippen MR) is 176 cm³/mol. The molecule has 1 aromatic heterocycles. The highest BCUT2D eigenvalue weighted by Crippen LogP contribution is 2.43. The molecule has 2 aromatic carbocycles. The second-order valence-electron chi connectivity index (χ2n) is 11.5. The standard InChI is InChI=1S/C35H44N5O3/c1-2-3-4-5-6-7-9-30-27(14-13-26-19-25-12-11-24(15-17-41)18-28(25)20-31(26)30)21-32(40-33-10-8-16-38-33)29(22-34(42)43)23-39-35(36)37/h8,10-14,16-20,22,27,30,32,38H,2-7,9,15,21,23H2,1H3,(H,42,43)(H4,36,37,39)/q-1. The summed E-state index contributed by atoms with van der Waals surface area (Å²) in [6.07, 6.45) is 17.7. The topological polar surface area (TPSA) is 149 Å². The molecule has 0 fully saturated rings. The maximum atomic E-state index is 11.9. The van der Waals surface area contributed by atoms with Gasteiger partial charge >= 0.3 is 5.97 Å². The van der Waals surface area contributed by atoms with Crippen molar-refractivity contribution in [3.63, 3.8) is 0 Å². The molecular formula is C35H44N5O3-. The van der Waals surface area contributed by atoms with Gasteiger partial charge in [0.05, 0.1) is 6.54 Å². The first-order chi connectivity index (χ1) is 20.9. The third-order valence-corrected chi connectivity index (χ3v) is 8.29. The summed E-state index contributed by atoms with van der Waals surface area (Å²) in [5, 5.41) is 16.9. The summed E-state index contributed by atoms with van der Waals surface area (Å²) in [5.41, 5.74) is 15.3. The number of carbonyl (C=O) groups excluding carboxylic acids is 1. The summed E-state index contributed by atoms with van der Waals surface area (Å²) >= 11 is 0. The third kappa shape index (κ3) is 9.08. The molecule has 3 unspecified atom stereocenters. The molecule has 0 radical (unpaired) electrons. The van der Waals surface area contributed by atoms with E-state index in [9.17, 15) is 14.7 Å². The van der Waals surface area contributed by atoms with Crippen molar-refractivity contribution in [2.24, 2.45) is 22.4 Å². The molecule has 1 heterocycles. The molecule has 0 aliphatic heterocycles. The molecule has 0 amide bonds. The number of carbonyl (C=O) groups is 2. The van der Waals surface area contributed by atoms with Crippen LogP contribution in [0.25, 0.3) is 22.2 Å². The predicted octanol–water partition coefficient (Wildman–Crippen LogP) is 7.14. The SMILES string of the molecule is CCCCCCCCC1c2cc3cc(CC=O)ccc3cc2C=CC1CC([N-]c1ccc[nH]1)C(=CC(=O)O)CN=C(N)N. The van der Waals surface area contributed by atoms with Crippen LogP contribution in [0, 0.1) is 5.92 Å². The number of carboxylic acids is 1. The van der Waals surface area contributed by atoms with Crippen molar-refractivity contribution in [2.75, 3.05) is 6.54 Å². The number of aliphatic carboxylic acids is 1. The van der Waals surface area contributed by atoms with E-state index in [1.807, 2.05) is 18.2 Å². The zero-order chi connectivity index (χ0) is 30.6. The number of nitrogens with two attached hydrogens (primary N) is 2. The lowest BCUT2D eigenvalue weighted by Gasteiger charge is -2.36. The third-order valence-electron chi connectivity index (χ3n) is 8.29. The highest BCUT2D eigenvalue weighted by atomic mass is 16.4. The number of hydrogen-bond acceptors (Lipinski definition) is 3. The number of allylic oxidation sites excluding steroid dienone is 1. The van der Waals surface area contributed by atoms with Gasteiger partial charge in [-0.15, -0.1) is 0 Å². The molecule has 4 rings (SSSR count). The van der Waals surface area contributed by atoms with Crippen LogP contribution in [0.1, 0.15) is 80.9 Å². The van der Waals surface area contributed by atoms with Gasteiger partial charge < -0.3 is 31.7 Å². The number of rotatable bonds is 17. The van der Waals surface area contributed by atoms with Crippen LogP contribution in [0.2, 0.25) is 0 Å². The van der Waals surface area contributed by atoms with Crippen LogP contribution in [0.15, 0.2) is 71.4 Å². The zero-order valence-corrected chi connectivity index (χ0v) is 25.0. The van der Waals surface area contributed by atoms with Gasteiger partial charge in [-0.05, 0) is 69.8 Å². The zero-order valence-electron chi connectivity index (χ0n) is 25.0. The summed E-state index contributed by atoms with van der Waals surface area (Å²) in [5.74, 6) is -0.117. The molecule has 0 spiro atoms. The van der Waals surface area contributed by atoms with Crippen LogP contribution < -0.4 is 11.5 Å². The minimum atomic E-state index is -1.06. The van der Waals surface area contributed by atoms with Crippen molar-refractivity contribution in [1.29, 1.82) is 0 Å². The Morgan fingerprint density at radius 1 is 1.09 bits per heavy atom. The Kier molecular flexibility index (Phi) is 11.6. The fourth-order valence-electron chi connectivity index (χ4n) is 6.12. The number of carboxylic acid groups (broad SMARTS) is 1. The van der Waals surface area contributed by atoms with E-state index in [4.69, 9.17) is 16.8 Å². The highest BCUT2D eigenvalue weighted by Gasteiger charge is 2.29. The first kappa shape index (κ1) is 31.6. The lowest BCUT2D eigenvalue weighted by atomic mass is 9.73. The minimum absolute atomic E-state index is 0.0583. The molecule has 3 atom stereocenters. The first-order valence-electron chi connectivity index (χ1n) is 15.4. The Hall–Kier alpha value is -4.33. The number of aromatic amines is 1. The van der Waals surface area contributed by atoms with Crippen molar-refractivity contribution in [3.8, 4) is 0 Å². The van der Waals surface area contributed by atoms with Crippen molar-refractivity contribution < 1.29 is 14.7 Å². The number of H-pyrrole nitrogens is 1. The molecule has 228 valence electrons. The lowest BCUT2D eigenvalue weighted by Crippen LogP contribution is -2.26. The van der Waals surface area contributed by atoms with E-state index in [1.165, 1.54) is 49.3 Å². The van der Waals surface area contributed by atoms with E-state index in [-0.39, 0.29) is 24.3 Å². The fraction of sp³-hybridized carbons (Fsp3) is 0.400. The second kappa shape index (κ2) is 15.8. The van der Waals surface area contributed by atoms with Gasteiger partial charge in [-0.25, -0.2) is 9.79 Å². The minimum Gasteiger partial charge on any atom is -0.478 e. The number of unbranched alkanes of at least 4 members (excludes halogenated alkanes) is 5. The van der Waals surface area contributed by atoms with E-state index in [2.05, 4.69) is 53.3 Å². The molecule has 6 N–H and O–H groups in total. The summed E-state index contributed by atoms with van der Waals surface area (Å²) in [6.45, 7) is 2.29. The Balaban J connectivity index is 1.69. The molecule has 8 nitrogen and oxygen atoms in total. The van der Waals surface area contributed by atoms with E-state index < -0.39 is 12.0 Å². The molecule has 0 saturated heterocycles. The number of nitrogens with one attached hydrogen (secondary N) is 1. The number of nitrogens with zero attached hydrogens (tertiary/aromatic N) is 2. The quantitative estimate of drug-likeness (QED) is 0.0439. The molecule has 0 bridgehead atoms. The van der Waals surface area contributed by atoms with E-state index >= 15 is 0 Å². The normalized spacial score (nSPS) is 16.9. The molecule has 0 saturated carbocycles. The number of aliphatic imine (C=N–C) groups is 1. The average Bonchev–Trinajstić information content (AvgIpc) is 3.49. The largest absolute Gasteiger partial charge is 0.478 e. The number of aldehydes is 1. The summed E-state index contributed by atoms with van der Waals surface area (Å²) in [4.78, 5) is 30.3. The van der Waals surface area contributed by atoms with E-state index in [0.717, 1.165) is 35.5 Å². The maximum Gasteiger partial charge on any atom is 0.328 e. The number of aromatic nitrogens is 1. The van der Waals surface area contributed by atoms with Crippen LogP contribution in [-0.2, 0) is 16.0 Å². The van der Waals surface area contributed by atoms with Crippen molar-refractivity contribution in [1.82, 2.24) is 4.98 Å². The first-order valence-corrected chi connectivity index (χ1v) is 15.4. The van der Waals surface area contributed by atoms with Gasteiger partial charge in [-0.3, -0.25) is 0 Å². The smallest absolute Gasteiger partial charge is 0.328 e. The van der Waals surface area contributed by atoms with Gasteiger partial charge in [0.25, 0.3) is 0 Å². The van der Waals surface area contributed by atoms with Gasteiger partial charge in [0, 0.05) is 12.5 Å². The van der Waals surface area contributed by atoms with Crippen LogP contribution in [0.3, 0.4) is 0 Å². The Morgan fingerprint density at radius 2 is 1.91 bits per heavy atom. The number of guanidine groups is 1. The number of benzene rings is 2. The lowest BCUT2D eigenvalue weighted by molar-refractivity contribution is -0.131. The van der Waals surface area contributed by atoms with Gasteiger partial charge in [0.15, 0.2) is 5.96 Å². The molecular weight excluding hydrogens is 538 g/mol. The monoisotopic (exact) mass is 582 g/mol. The summed E-state index contributed by atoms with van der Waals surface area (Å²) < 4.78 is 0. The molecule has 1 aliphatic carbocycles. The van der Waals surface area contributed by atoms with Crippen LogP contribution in [-0.4, -0.2) is 40.9 Å². The van der Waals surface area contributed by atoms with E-state index in [0.29, 0.717) is 24.2 Å². The van der Waals surface area contributed by atoms with Gasteiger partial charge in [0.2, 0.25) is 0 Å². The molecule has 43 heavy (non-hydrogen) atoms. The van der Waals surface area contributed by atoms with Crippen LogP contribution >= 0.6 is 0 Å². The average molecular weight is 583 g/mol. The summed E-state index contributed by atoms with van der Waals surface area (Å²) in [7, 11) is 0. The van der Waals surface area contributed by atoms with Crippen LogP contribution in [0.4, 0.5) is 5.82 Å². The fourth-order valence-corrected chi connectivity index (χ4v) is 6.12. The van der Waals surface area contributed by atoms with Gasteiger partial charge in [-0.2, -0.15) is 0 Å². The Morgan fingerprint density at radius 3 is 2.63 bits per heavy atom. The van der Waals surface area contributed by atoms with Crippen molar-refractivity contribution >= 4 is 40.9 Å².